The Balaban J connectivity index is 1.64. The number of rotatable bonds is 4. The zero-order chi connectivity index (χ0) is 17.9. The van der Waals surface area contributed by atoms with E-state index in [0.717, 1.165) is 63.2 Å². The molecule has 1 saturated heterocycles. The standard InChI is InChI=1S/C19H31N5O/c1-19(20)8-4-3-7-16(19)18(25)22-14-15-6-5-9-21-17(15)24-12-10-23(2)11-13-24/h5-6,9,16H,3-4,7-8,10-14,20H2,1-2H3,(H,22,25). The number of amides is 1. The van der Waals surface area contributed by atoms with Gasteiger partial charge in [-0.1, -0.05) is 18.9 Å². The van der Waals surface area contributed by atoms with E-state index in [9.17, 15) is 4.79 Å². The lowest BCUT2D eigenvalue weighted by Crippen LogP contribution is -2.52. The minimum absolute atomic E-state index is 0.0814. The highest BCUT2D eigenvalue weighted by Gasteiger charge is 2.37. The molecule has 6 nitrogen and oxygen atoms in total. The van der Waals surface area contributed by atoms with Crippen molar-refractivity contribution in [1.82, 2.24) is 15.2 Å². The van der Waals surface area contributed by atoms with E-state index >= 15 is 0 Å². The molecule has 3 rings (SSSR count). The average molecular weight is 345 g/mol. The molecule has 2 atom stereocenters. The molecule has 2 unspecified atom stereocenters. The predicted molar refractivity (Wildman–Crippen MR) is 100 cm³/mol. The number of piperazine rings is 1. The second kappa shape index (κ2) is 7.70. The lowest BCUT2D eigenvalue weighted by atomic mass is 9.74. The Kier molecular flexibility index (Phi) is 5.59. The second-order valence-corrected chi connectivity index (χ2v) is 7.80. The minimum atomic E-state index is -0.391. The summed E-state index contributed by atoms with van der Waals surface area (Å²) in [7, 11) is 2.14. The molecule has 0 aromatic carbocycles. The summed E-state index contributed by atoms with van der Waals surface area (Å²) >= 11 is 0. The summed E-state index contributed by atoms with van der Waals surface area (Å²) in [5.74, 6) is 0.984. The van der Waals surface area contributed by atoms with Gasteiger partial charge in [0.15, 0.2) is 0 Å². The van der Waals surface area contributed by atoms with Crippen LogP contribution in [0.15, 0.2) is 18.3 Å². The van der Waals surface area contributed by atoms with Crippen molar-refractivity contribution < 1.29 is 4.79 Å². The van der Waals surface area contributed by atoms with E-state index in [-0.39, 0.29) is 11.8 Å². The zero-order valence-electron chi connectivity index (χ0n) is 15.5. The maximum absolute atomic E-state index is 12.7. The topological polar surface area (TPSA) is 74.5 Å². The molecule has 3 N–H and O–H groups in total. The van der Waals surface area contributed by atoms with E-state index in [0.29, 0.717) is 6.54 Å². The first kappa shape index (κ1) is 18.1. The van der Waals surface area contributed by atoms with Crippen molar-refractivity contribution in [2.24, 2.45) is 11.7 Å². The number of aromatic nitrogens is 1. The van der Waals surface area contributed by atoms with Crippen molar-refractivity contribution in [2.45, 2.75) is 44.7 Å². The fraction of sp³-hybridized carbons (Fsp3) is 0.684. The van der Waals surface area contributed by atoms with Gasteiger partial charge >= 0.3 is 0 Å². The van der Waals surface area contributed by atoms with Gasteiger partial charge in [-0.15, -0.1) is 0 Å². The molecule has 0 spiro atoms. The Morgan fingerprint density at radius 3 is 2.84 bits per heavy atom. The van der Waals surface area contributed by atoms with Crippen LogP contribution in [0.1, 0.15) is 38.2 Å². The molecule has 0 radical (unpaired) electrons. The van der Waals surface area contributed by atoms with Gasteiger partial charge in [0.2, 0.25) is 5.91 Å². The normalized spacial score (nSPS) is 28.0. The summed E-state index contributed by atoms with van der Waals surface area (Å²) in [6.07, 6.45) is 5.84. The van der Waals surface area contributed by atoms with E-state index < -0.39 is 5.54 Å². The van der Waals surface area contributed by atoms with Gasteiger partial charge in [0.05, 0.1) is 5.92 Å². The number of hydrogen-bond acceptors (Lipinski definition) is 5. The summed E-state index contributed by atoms with van der Waals surface area (Å²) in [6, 6.07) is 4.00. The number of nitrogens with zero attached hydrogens (tertiary/aromatic N) is 3. The molecule has 1 amide bonds. The molecule has 6 heteroatoms. The number of nitrogens with two attached hydrogens (primary N) is 1. The molecule has 25 heavy (non-hydrogen) atoms. The molecule has 2 aliphatic rings. The van der Waals surface area contributed by atoms with E-state index in [1.165, 1.54) is 0 Å². The number of anilines is 1. The highest BCUT2D eigenvalue weighted by molar-refractivity contribution is 5.80. The zero-order valence-corrected chi connectivity index (χ0v) is 15.5. The molecule has 1 saturated carbocycles. The van der Waals surface area contributed by atoms with E-state index in [2.05, 4.69) is 33.2 Å². The van der Waals surface area contributed by atoms with Gasteiger partial charge in [-0.3, -0.25) is 4.79 Å². The van der Waals surface area contributed by atoms with E-state index in [1.54, 1.807) is 0 Å². The average Bonchev–Trinajstić information content (AvgIpc) is 2.60. The third-order valence-corrected chi connectivity index (χ3v) is 5.69. The largest absolute Gasteiger partial charge is 0.354 e. The van der Waals surface area contributed by atoms with E-state index in [1.807, 2.05) is 19.2 Å². The Hall–Kier alpha value is -1.66. The number of pyridine rings is 1. The first-order valence-electron chi connectivity index (χ1n) is 9.41. The molecule has 1 aliphatic carbocycles. The van der Waals surface area contributed by atoms with Crippen molar-refractivity contribution in [3.05, 3.63) is 23.9 Å². The Bertz CT molecular complexity index is 595. The monoisotopic (exact) mass is 345 g/mol. The third-order valence-electron chi connectivity index (χ3n) is 5.69. The molecule has 1 aromatic rings. The number of carbonyl (C=O) groups is 1. The van der Waals surface area contributed by atoms with Crippen LogP contribution in [0.25, 0.3) is 0 Å². The number of hydrogen-bond donors (Lipinski definition) is 2. The van der Waals surface area contributed by atoms with Gasteiger partial charge in [0.25, 0.3) is 0 Å². The van der Waals surface area contributed by atoms with Crippen LogP contribution >= 0.6 is 0 Å². The summed E-state index contributed by atoms with van der Waals surface area (Å²) < 4.78 is 0. The highest BCUT2D eigenvalue weighted by Crippen LogP contribution is 2.31. The van der Waals surface area contributed by atoms with Crippen molar-refractivity contribution >= 4 is 11.7 Å². The number of carbonyl (C=O) groups excluding carboxylic acids is 1. The van der Waals surface area contributed by atoms with Crippen LogP contribution in [0, 0.1) is 5.92 Å². The van der Waals surface area contributed by atoms with Gasteiger partial charge < -0.3 is 20.9 Å². The van der Waals surface area contributed by atoms with Crippen molar-refractivity contribution in [1.29, 1.82) is 0 Å². The minimum Gasteiger partial charge on any atom is -0.354 e. The van der Waals surface area contributed by atoms with Gasteiger partial charge in [0.1, 0.15) is 5.82 Å². The Labute approximate surface area is 150 Å². The Morgan fingerprint density at radius 2 is 2.12 bits per heavy atom. The third kappa shape index (κ3) is 4.30. The second-order valence-electron chi connectivity index (χ2n) is 7.80. The summed E-state index contributed by atoms with van der Waals surface area (Å²) in [5, 5.41) is 3.12. The maximum Gasteiger partial charge on any atom is 0.225 e. The molecule has 1 aliphatic heterocycles. The summed E-state index contributed by atoms with van der Waals surface area (Å²) in [5.41, 5.74) is 7.05. The van der Waals surface area contributed by atoms with Crippen molar-refractivity contribution in [3.63, 3.8) is 0 Å². The van der Waals surface area contributed by atoms with Crippen LogP contribution in [0.5, 0.6) is 0 Å². The fourth-order valence-corrected chi connectivity index (χ4v) is 3.97. The van der Waals surface area contributed by atoms with Crippen LogP contribution in [-0.2, 0) is 11.3 Å². The predicted octanol–water partition coefficient (Wildman–Crippen LogP) is 1.36. The smallest absolute Gasteiger partial charge is 0.225 e. The first-order chi connectivity index (χ1) is 12.0. The van der Waals surface area contributed by atoms with Gasteiger partial charge in [-0.2, -0.15) is 0 Å². The molecular weight excluding hydrogens is 314 g/mol. The summed E-state index contributed by atoms with van der Waals surface area (Å²) in [6.45, 7) is 6.54. The molecule has 1 aromatic heterocycles. The molecular formula is C19H31N5O. The van der Waals surface area contributed by atoms with Crippen molar-refractivity contribution in [2.75, 3.05) is 38.1 Å². The van der Waals surface area contributed by atoms with Crippen LogP contribution < -0.4 is 16.0 Å². The van der Waals surface area contributed by atoms with E-state index in [4.69, 9.17) is 5.73 Å². The summed E-state index contributed by atoms with van der Waals surface area (Å²) in [4.78, 5) is 21.9. The SMILES string of the molecule is CN1CCN(c2ncccc2CNC(=O)C2CCCCC2(C)N)CC1. The number of nitrogens with one attached hydrogen (secondary N) is 1. The van der Waals surface area contributed by atoms with Gasteiger partial charge in [0, 0.05) is 50.0 Å². The van der Waals surface area contributed by atoms with Crippen LogP contribution in [0.2, 0.25) is 0 Å². The lowest BCUT2D eigenvalue weighted by Gasteiger charge is -2.37. The van der Waals surface area contributed by atoms with Crippen molar-refractivity contribution in [3.8, 4) is 0 Å². The molecule has 2 fully saturated rings. The van der Waals surface area contributed by atoms with Crippen LogP contribution in [0.3, 0.4) is 0 Å². The lowest BCUT2D eigenvalue weighted by molar-refractivity contribution is -0.128. The fourth-order valence-electron chi connectivity index (χ4n) is 3.97. The van der Waals surface area contributed by atoms with Gasteiger partial charge in [-0.25, -0.2) is 4.98 Å². The first-order valence-corrected chi connectivity index (χ1v) is 9.41. The maximum atomic E-state index is 12.7. The molecule has 2 heterocycles. The van der Waals surface area contributed by atoms with Crippen LogP contribution in [0.4, 0.5) is 5.82 Å². The highest BCUT2D eigenvalue weighted by atomic mass is 16.1. The van der Waals surface area contributed by atoms with Crippen LogP contribution in [-0.4, -0.2) is 54.6 Å². The quantitative estimate of drug-likeness (QED) is 0.862. The molecule has 138 valence electrons. The number of likely N-dealkylation sites (N-methyl/N-ethyl adjacent to an activating group) is 1. The Morgan fingerprint density at radius 1 is 1.36 bits per heavy atom. The molecule has 0 bridgehead atoms. The van der Waals surface area contributed by atoms with Gasteiger partial charge in [-0.05, 0) is 32.9 Å².